The zero-order chi connectivity index (χ0) is 8.81. The first-order chi connectivity index (χ1) is 5.84. The Bertz CT molecular complexity index is 192. The lowest BCUT2D eigenvalue weighted by molar-refractivity contribution is -0.145. The van der Waals surface area contributed by atoms with E-state index >= 15 is 0 Å². The van der Waals surface area contributed by atoms with Crippen molar-refractivity contribution in [1.29, 1.82) is 0 Å². The smallest absolute Gasteiger partial charge is 0.308 e. The van der Waals surface area contributed by atoms with Crippen LogP contribution in [0.25, 0.3) is 0 Å². The van der Waals surface area contributed by atoms with E-state index < -0.39 is 0 Å². The Hall–Kier alpha value is -1.12. The van der Waals surface area contributed by atoms with Gasteiger partial charge in [-0.2, -0.15) is 0 Å². The first kappa shape index (κ1) is 8.97. The lowest BCUT2D eigenvalue weighted by atomic mass is 10.4. The monoisotopic (exact) mass is 168 g/mol. The Kier molecular flexibility index (Phi) is 3.51. The minimum Gasteiger partial charge on any atom is -0.465 e. The maximum absolute atomic E-state index is 10.9. The van der Waals surface area contributed by atoms with Gasteiger partial charge >= 0.3 is 5.97 Å². The number of carbonyl (C=O) groups is 2. The SMILES string of the molecule is O=CC=CCCOC(=O)C1CC1. The second-order valence-electron chi connectivity index (χ2n) is 2.79. The molecule has 1 fully saturated rings. The second kappa shape index (κ2) is 4.70. The van der Waals surface area contributed by atoms with Gasteiger partial charge in [0.2, 0.25) is 0 Å². The van der Waals surface area contributed by atoms with Crippen molar-refractivity contribution in [3.63, 3.8) is 0 Å². The maximum atomic E-state index is 10.9. The standard InChI is InChI=1S/C9H12O3/c10-6-2-1-3-7-12-9(11)8-4-5-8/h1-2,6,8H,3-5,7H2. The molecule has 3 nitrogen and oxygen atoms in total. The topological polar surface area (TPSA) is 43.4 Å². The number of ether oxygens (including phenoxy) is 1. The van der Waals surface area contributed by atoms with E-state index in [2.05, 4.69) is 0 Å². The molecule has 0 bridgehead atoms. The summed E-state index contributed by atoms with van der Waals surface area (Å²) in [6.07, 6.45) is 6.38. The van der Waals surface area contributed by atoms with Crippen LogP contribution in [0.15, 0.2) is 12.2 Å². The van der Waals surface area contributed by atoms with Crippen molar-refractivity contribution in [3.05, 3.63) is 12.2 Å². The molecule has 0 aromatic heterocycles. The molecule has 0 N–H and O–H groups in total. The second-order valence-corrected chi connectivity index (χ2v) is 2.79. The van der Waals surface area contributed by atoms with Crippen molar-refractivity contribution in [1.82, 2.24) is 0 Å². The van der Waals surface area contributed by atoms with Crippen molar-refractivity contribution in [2.75, 3.05) is 6.61 Å². The molecule has 0 atom stereocenters. The van der Waals surface area contributed by atoms with Crippen molar-refractivity contribution in [3.8, 4) is 0 Å². The third-order valence-electron chi connectivity index (χ3n) is 1.65. The molecule has 0 aliphatic heterocycles. The number of esters is 1. The Morgan fingerprint density at radius 2 is 2.25 bits per heavy atom. The molecule has 1 saturated carbocycles. The van der Waals surface area contributed by atoms with Crippen LogP contribution in [0.4, 0.5) is 0 Å². The predicted octanol–water partition coefficient (Wildman–Crippen LogP) is 1.08. The van der Waals surface area contributed by atoms with Crippen LogP contribution in [0.1, 0.15) is 19.3 Å². The van der Waals surface area contributed by atoms with Gasteiger partial charge in [0, 0.05) is 0 Å². The maximum Gasteiger partial charge on any atom is 0.308 e. The number of carbonyl (C=O) groups excluding carboxylic acids is 2. The first-order valence-electron chi connectivity index (χ1n) is 4.11. The molecule has 0 heterocycles. The molecule has 0 spiro atoms. The summed E-state index contributed by atoms with van der Waals surface area (Å²) >= 11 is 0. The van der Waals surface area contributed by atoms with Gasteiger partial charge in [-0.25, -0.2) is 0 Å². The van der Waals surface area contributed by atoms with E-state index in [1.54, 1.807) is 6.08 Å². The largest absolute Gasteiger partial charge is 0.465 e. The zero-order valence-electron chi connectivity index (χ0n) is 6.86. The third-order valence-corrected chi connectivity index (χ3v) is 1.65. The molecule has 1 aliphatic rings. The van der Waals surface area contributed by atoms with E-state index in [4.69, 9.17) is 4.74 Å². The molecule has 0 unspecified atom stereocenters. The lowest BCUT2D eigenvalue weighted by Crippen LogP contribution is -2.06. The molecular weight excluding hydrogens is 156 g/mol. The van der Waals surface area contributed by atoms with Gasteiger partial charge in [0.25, 0.3) is 0 Å². The number of rotatable bonds is 5. The van der Waals surface area contributed by atoms with Crippen LogP contribution in [0.2, 0.25) is 0 Å². The molecular formula is C9H12O3. The highest BCUT2D eigenvalue weighted by atomic mass is 16.5. The number of hydrogen-bond acceptors (Lipinski definition) is 3. The molecule has 1 aliphatic carbocycles. The van der Waals surface area contributed by atoms with Crippen LogP contribution in [-0.4, -0.2) is 18.9 Å². The Morgan fingerprint density at radius 1 is 1.50 bits per heavy atom. The highest BCUT2D eigenvalue weighted by Crippen LogP contribution is 2.29. The predicted molar refractivity (Wildman–Crippen MR) is 43.5 cm³/mol. The van der Waals surface area contributed by atoms with Crippen molar-refractivity contribution in [2.45, 2.75) is 19.3 Å². The summed E-state index contributed by atoms with van der Waals surface area (Å²) in [7, 11) is 0. The van der Waals surface area contributed by atoms with Gasteiger partial charge in [0.15, 0.2) is 0 Å². The quantitative estimate of drug-likeness (QED) is 0.267. The van der Waals surface area contributed by atoms with E-state index in [0.29, 0.717) is 19.3 Å². The minimum atomic E-state index is -0.0884. The van der Waals surface area contributed by atoms with Gasteiger partial charge in [-0.1, -0.05) is 6.08 Å². The van der Waals surface area contributed by atoms with Gasteiger partial charge < -0.3 is 4.74 Å². The summed E-state index contributed by atoms with van der Waals surface area (Å²) in [5.41, 5.74) is 0. The Labute approximate surface area is 71.4 Å². The van der Waals surface area contributed by atoms with Gasteiger partial charge in [0.05, 0.1) is 12.5 Å². The minimum absolute atomic E-state index is 0.0884. The first-order valence-corrected chi connectivity index (χ1v) is 4.11. The highest BCUT2D eigenvalue weighted by molar-refractivity contribution is 5.74. The molecule has 0 amide bonds. The summed E-state index contributed by atoms with van der Waals surface area (Å²) < 4.78 is 4.91. The fourth-order valence-corrected chi connectivity index (χ4v) is 0.816. The third kappa shape index (κ3) is 3.32. The summed E-state index contributed by atoms with van der Waals surface area (Å²) in [6.45, 7) is 0.389. The average Bonchev–Trinajstić information content (AvgIpc) is 2.86. The van der Waals surface area contributed by atoms with Crippen LogP contribution >= 0.6 is 0 Å². The van der Waals surface area contributed by atoms with E-state index in [1.807, 2.05) is 0 Å². The van der Waals surface area contributed by atoms with Crippen LogP contribution in [0.3, 0.4) is 0 Å². The van der Waals surface area contributed by atoms with Gasteiger partial charge in [0.1, 0.15) is 6.29 Å². The van der Waals surface area contributed by atoms with Crippen LogP contribution in [0.5, 0.6) is 0 Å². The summed E-state index contributed by atoms with van der Waals surface area (Å²) in [4.78, 5) is 20.7. The highest BCUT2D eigenvalue weighted by Gasteiger charge is 2.30. The number of aldehydes is 1. The Morgan fingerprint density at radius 3 is 2.83 bits per heavy atom. The molecule has 0 saturated heterocycles. The number of hydrogen-bond donors (Lipinski definition) is 0. The van der Waals surface area contributed by atoms with Gasteiger partial charge in [-0.05, 0) is 25.3 Å². The summed E-state index contributed by atoms with van der Waals surface area (Å²) in [5, 5.41) is 0. The molecule has 0 aromatic carbocycles. The zero-order valence-corrected chi connectivity index (χ0v) is 6.86. The number of allylic oxidation sites excluding steroid dienone is 1. The van der Waals surface area contributed by atoms with E-state index in [9.17, 15) is 9.59 Å². The Balaban J connectivity index is 1.97. The fourth-order valence-electron chi connectivity index (χ4n) is 0.816. The summed E-state index contributed by atoms with van der Waals surface area (Å²) in [5.74, 6) is 0.0783. The van der Waals surface area contributed by atoms with Crippen molar-refractivity contribution in [2.24, 2.45) is 5.92 Å². The molecule has 0 radical (unpaired) electrons. The normalized spacial score (nSPS) is 16.3. The molecule has 66 valence electrons. The fraction of sp³-hybridized carbons (Fsp3) is 0.556. The van der Waals surface area contributed by atoms with E-state index in [1.165, 1.54) is 6.08 Å². The lowest BCUT2D eigenvalue weighted by Gasteiger charge is -1.99. The van der Waals surface area contributed by atoms with E-state index in [-0.39, 0.29) is 11.9 Å². The van der Waals surface area contributed by atoms with Gasteiger partial charge in [-0.3, -0.25) is 9.59 Å². The van der Waals surface area contributed by atoms with Crippen molar-refractivity contribution >= 4 is 12.3 Å². The molecule has 1 rings (SSSR count). The van der Waals surface area contributed by atoms with Crippen LogP contribution in [-0.2, 0) is 14.3 Å². The molecule has 0 aromatic rings. The van der Waals surface area contributed by atoms with Crippen LogP contribution < -0.4 is 0 Å². The van der Waals surface area contributed by atoms with Gasteiger partial charge in [-0.15, -0.1) is 0 Å². The summed E-state index contributed by atoms with van der Waals surface area (Å²) in [6, 6.07) is 0. The van der Waals surface area contributed by atoms with Crippen LogP contribution in [0, 0.1) is 5.92 Å². The van der Waals surface area contributed by atoms with Crippen molar-refractivity contribution < 1.29 is 14.3 Å². The average molecular weight is 168 g/mol. The van der Waals surface area contributed by atoms with E-state index in [0.717, 1.165) is 12.8 Å². The molecule has 3 heteroatoms. The molecule has 12 heavy (non-hydrogen) atoms.